The van der Waals surface area contributed by atoms with Crippen molar-refractivity contribution in [2.45, 2.75) is 17.7 Å². The molecule has 0 unspecified atom stereocenters. The van der Waals surface area contributed by atoms with Gasteiger partial charge in [0.25, 0.3) is 0 Å². The number of alkyl halides is 1. The highest BCUT2D eigenvalue weighted by Crippen LogP contribution is 2.36. The van der Waals surface area contributed by atoms with E-state index in [9.17, 15) is 8.42 Å². The Morgan fingerprint density at radius 1 is 1.35 bits per heavy atom. The number of hydrogen-bond donors (Lipinski definition) is 0. The maximum atomic E-state index is 12.6. The third-order valence-corrected chi connectivity index (χ3v) is 6.89. The summed E-state index contributed by atoms with van der Waals surface area (Å²) in [5, 5.41) is 0.673. The molecule has 112 valence electrons. The molecule has 0 spiro atoms. The van der Waals surface area contributed by atoms with Gasteiger partial charge in [0.15, 0.2) is 9.84 Å². The predicted molar refractivity (Wildman–Crippen MR) is 81.3 cm³/mol. The minimum Gasteiger partial charge on any atom is -0.497 e. The summed E-state index contributed by atoms with van der Waals surface area (Å²) < 4.78 is 35.7. The van der Waals surface area contributed by atoms with E-state index in [1.54, 1.807) is 24.3 Å². The quantitative estimate of drug-likeness (QED) is 0.755. The van der Waals surface area contributed by atoms with Gasteiger partial charge in [0.2, 0.25) is 0 Å². The van der Waals surface area contributed by atoms with Crippen LogP contribution in [-0.2, 0) is 14.6 Å². The Kier molecular flexibility index (Phi) is 5.09. The van der Waals surface area contributed by atoms with Gasteiger partial charge in [-0.25, -0.2) is 8.42 Å². The van der Waals surface area contributed by atoms with E-state index >= 15 is 0 Å². The monoisotopic (exact) mass is 362 g/mol. The van der Waals surface area contributed by atoms with E-state index in [0.717, 1.165) is 12.8 Å². The summed E-state index contributed by atoms with van der Waals surface area (Å²) in [5.41, 5.74) is -0.236. The van der Waals surface area contributed by atoms with Gasteiger partial charge in [-0.3, -0.25) is 0 Å². The van der Waals surface area contributed by atoms with Crippen molar-refractivity contribution < 1.29 is 17.9 Å². The van der Waals surface area contributed by atoms with Crippen LogP contribution in [0.1, 0.15) is 12.8 Å². The zero-order valence-corrected chi connectivity index (χ0v) is 13.9. The molecular weight excluding hydrogens is 344 g/mol. The third-order valence-electron chi connectivity index (χ3n) is 3.73. The van der Waals surface area contributed by atoms with Crippen molar-refractivity contribution in [1.29, 1.82) is 0 Å². The number of rotatable bonds is 5. The molecule has 1 heterocycles. The molecule has 1 aromatic rings. The second-order valence-corrected chi connectivity index (χ2v) is 7.73. The fourth-order valence-corrected chi connectivity index (χ4v) is 5.37. The fourth-order valence-electron chi connectivity index (χ4n) is 2.40. The molecule has 1 fully saturated rings. The maximum Gasteiger partial charge on any atom is 0.179 e. The van der Waals surface area contributed by atoms with E-state index in [-0.39, 0.29) is 11.2 Å². The van der Waals surface area contributed by atoms with Crippen LogP contribution in [0, 0.1) is 5.41 Å². The van der Waals surface area contributed by atoms with Gasteiger partial charge in [0.1, 0.15) is 5.75 Å². The Labute approximate surface area is 128 Å². The minimum atomic E-state index is -3.33. The molecule has 0 N–H and O–H groups in total. The molecule has 1 aliphatic heterocycles. The predicted octanol–water partition coefficient (Wildman–Crippen LogP) is 2.66. The molecule has 1 saturated heterocycles. The lowest BCUT2D eigenvalue weighted by molar-refractivity contribution is 0.0367. The number of methoxy groups -OCH3 is 1. The molecule has 6 heteroatoms. The zero-order valence-electron chi connectivity index (χ0n) is 11.5. The Balaban J connectivity index is 2.25. The lowest BCUT2D eigenvalue weighted by Crippen LogP contribution is -2.37. The smallest absolute Gasteiger partial charge is 0.179 e. The molecule has 0 radical (unpaired) electrons. The Morgan fingerprint density at radius 2 is 2.05 bits per heavy atom. The minimum absolute atomic E-state index is 0.141. The highest BCUT2D eigenvalue weighted by molar-refractivity contribution is 9.09. The van der Waals surface area contributed by atoms with Crippen molar-refractivity contribution in [2.24, 2.45) is 5.41 Å². The highest BCUT2D eigenvalue weighted by atomic mass is 79.9. The van der Waals surface area contributed by atoms with Crippen LogP contribution in [0.2, 0.25) is 0 Å². The molecule has 4 nitrogen and oxygen atoms in total. The topological polar surface area (TPSA) is 52.6 Å². The van der Waals surface area contributed by atoms with Crippen molar-refractivity contribution in [1.82, 2.24) is 0 Å². The fraction of sp³-hybridized carbons (Fsp3) is 0.571. The Hall–Kier alpha value is -0.590. The number of benzene rings is 1. The molecule has 1 aromatic carbocycles. The summed E-state index contributed by atoms with van der Waals surface area (Å²) in [4.78, 5) is 0.323. The average Bonchev–Trinajstić information content (AvgIpc) is 2.48. The van der Waals surface area contributed by atoms with E-state index in [0.29, 0.717) is 29.2 Å². The summed E-state index contributed by atoms with van der Waals surface area (Å²) in [6.07, 6.45) is 1.53. The van der Waals surface area contributed by atoms with Crippen LogP contribution in [-0.4, -0.2) is 39.8 Å². The molecule has 0 bridgehead atoms. The number of ether oxygens (including phenoxy) is 2. The normalized spacial score (nSPS) is 18.7. The van der Waals surface area contributed by atoms with Gasteiger partial charge in [-0.15, -0.1) is 0 Å². The van der Waals surface area contributed by atoms with Crippen molar-refractivity contribution in [2.75, 3.05) is 31.4 Å². The van der Waals surface area contributed by atoms with E-state index < -0.39 is 9.84 Å². The first-order valence-electron chi connectivity index (χ1n) is 6.52. The van der Waals surface area contributed by atoms with Gasteiger partial charge >= 0.3 is 0 Å². The second-order valence-electron chi connectivity index (χ2n) is 5.18. The van der Waals surface area contributed by atoms with Gasteiger partial charge in [0.05, 0.1) is 17.8 Å². The highest BCUT2D eigenvalue weighted by Gasteiger charge is 2.37. The number of sulfone groups is 1. The molecule has 20 heavy (non-hydrogen) atoms. The molecule has 0 atom stereocenters. The van der Waals surface area contributed by atoms with Gasteiger partial charge in [-0.05, 0) is 36.5 Å². The lowest BCUT2D eigenvalue weighted by atomic mass is 9.85. The van der Waals surface area contributed by atoms with Gasteiger partial charge in [0, 0.05) is 18.5 Å². The molecular formula is C14H19BrO4S. The summed E-state index contributed by atoms with van der Waals surface area (Å²) in [6, 6.07) is 6.65. The largest absolute Gasteiger partial charge is 0.497 e. The Morgan fingerprint density at radius 3 is 2.65 bits per heavy atom. The lowest BCUT2D eigenvalue weighted by Gasteiger charge is -2.35. The second kappa shape index (κ2) is 6.45. The van der Waals surface area contributed by atoms with Gasteiger partial charge < -0.3 is 9.47 Å². The first-order valence-corrected chi connectivity index (χ1v) is 9.29. The zero-order chi connectivity index (χ0) is 14.6. The molecule has 2 rings (SSSR count). The van der Waals surface area contributed by atoms with Crippen LogP contribution in [0.25, 0.3) is 0 Å². The first kappa shape index (κ1) is 15.8. The standard InChI is InChI=1S/C14H19BrO4S/c1-18-12-3-2-4-13(9-12)20(16,17)11-14(10-15)5-7-19-8-6-14/h2-4,9H,5-8,10-11H2,1H3. The number of hydrogen-bond acceptors (Lipinski definition) is 4. The summed E-state index contributed by atoms with van der Waals surface area (Å²) in [5.74, 6) is 0.702. The van der Waals surface area contributed by atoms with Crippen LogP contribution in [0.5, 0.6) is 5.75 Å². The van der Waals surface area contributed by atoms with Crippen LogP contribution < -0.4 is 4.74 Å². The van der Waals surface area contributed by atoms with Gasteiger partial charge in [-0.2, -0.15) is 0 Å². The van der Waals surface area contributed by atoms with Crippen LogP contribution >= 0.6 is 15.9 Å². The summed E-state index contributed by atoms with van der Waals surface area (Å²) in [6.45, 7) is 1.25. The molecule has 0 amide bonds. The third kappa shape index (κ3) is 3.54. The van der Waals surface area contributed by atoms with Crippen molar-refractivity contribution in [3.63, 3.8) is 0 Å². The van der Waals surface area contributed by atoms with Crippen LogP contribution in [0.15, 0.2) is 29.2 Å². The van der Waals surface area contributed by atoms with Crippen molar-refractivity contribution in [3.8, 4) is 5.75 Å². The van der Waals surface area contributed by atoms with E-state index in [1.807, 2.05) is 0 Å². The average molecular weight is 363 g/mol. The van der Waals surface area contributed by atoms with E-state index in [4.69, 9.17) is 9.47 Å². The maximum absolute atomic E-state index is 12.6. The number of halogens is 1. The summed E-state index contributed by atoms with van der Waals surface area (Å²) in [7, 11) is -1.80. The van der Waals surface area contributed by atoms with Crippen LogP contribution in [0.4, 0.5) is 0 Å². The van der Waals surface area contributed by atoms with E-state index in [2.05, 4.69) is 15.9 Å². The van der Waals surface area contributed by atoms with E-state index in [1.165, 1.54) is 7.11 Å². The van der Waals surface area contributed by atoms with Crippen molar-refractivity contribution in [3.05, 3.63) is 24.3 Å². The molecule has 0 aromatic heterocycles. The van der Waals surface area contributed by atoms with Crippen LogP contribution in [0.3, 0.4) is 0 Å². The molecule has 1 aliphatic rings. The Bertz CT molecular complexity index is 550. The molecule has 0 saturated carbocycles. The summed E-state index contributed by atoms with van der Waals surface area (Å²) >= 11 is 3.48. The van der Waals surface area contributed by atoms with Crippen molar-refractivity contribution >= 4 is 25.8 Å². The SMILES string of the molecule is COc1cccc(S(=O)(=O)CC2(CBr)CCOCC2)c1. The van der Waals surface area contributed by atoms with Gasteiger partial charge in [-0.1, -0.05) is 22.0 Å². The molecule has 0 aliphatic carbocycles. The first-order chi connectivity index (χ1) is 9.51.